The Morgan fingerprint density at radius 2 is 1.92 bits per heavy atom. The number of nitrogens with two attached hydrogens (primary N) is 1. The van der Waals surface area contributed by atoms with E-state index in [1.807, 2.05) is 6.92 Å². The minimum Gasteiger partial charge on any atom is -0.325 e. The third-order valence-corrected chi connectivity index (χ3v) is 2.03. The molecule has 0 spiro atoms. The highest BCUT2D eigenvalue weighted by atomic mass is 19.3. The normalized spacial score (nSPS) is 12.5. The Labute approximate surface area is 79.1 Å². The predicted molar refractivity (Wildman–Crippen MR) is 51.0 cm³/mol. The van der Waals surface area contributed by atoms with E-state index in [1.54, 1.807) is 4.90 Å². The quantitative estimate of drug-likeness (QED) is 0.668. The highest BCUT2D eigenvalue weighted by Gasteiger charge is 2.28. The van der Waals surface area contributed by atoms with Gasteiger partial charge in [0.25, 0.3) is 5.92 Å². The molecule has 2 nitrogen and oxygen atoms in total. The summed E-state index contributed by atoms with van der Waals surface area (Å²) in [5, 5.41) is 0. The van der Waals surface area contributed by atoms with Crippen LogP contribution in [0.1, 0.15) is 26.7 Å². The molecule has 13 heavy (non-hydrogen) atoms. The summed E-state index contributed by atoms with van der Waals surface area (Å²) in [6.07, 6.45) is 2.00. The van der Waals surface area contributed by atoms with E-state index in [9.17, 15) is 8.78 Å². The van der Waals surface area contributed by atoms with Crippen molar-refractivity contribution in [1.29, 1.82) is 0 Å². The van der Waals surface area contributed by atoms with E-state index in [-0.39, 0.29) is 6.54 Å². The Morgan fingerprint density at radius 1 is 1.31 bits per heavy atom. The molecule has 0 saturated heterocycles. The topological polar surface area (TPSA) is 29.3 Å². The van der Waals surface area contributed by atoms with Crippen molar-refractivity contribution in [1.82, 2.24) is 4.90 Å². The van der Waals surface area contributed by atoms with Crippen LogP contribution in [-0.4, -0.2) is 37.0 Å². The Bertz CT molecular complexity index is 129. The van der Waals surface area contributed by atoms with Crippen LogP contribution >= 0.6 is 0 Å². The molecule has 0 aliphatic heterocycles. The van der Waals surface area contributed by atoms with Gasteiger partial charge in [-0.05, 0) is 19.5 Å². The highest BCUT2D eigenvalue weighted by molar-refractivity contribution is 4.72. The fraction of sp³-hybridized carbons (Fsp3) is 1.00. The zero-order valence-electron chi connectivity index (χ0n) is 8.52. The van der Waals surface area contributed by atoms with Crippen LogP contribution in [0.2, 0.25) is 0 Å². The smallest absolute Gasteiger partial charge is 0.272 e. The van der Waals surface area contributed by atoms with Gasteiger partial charge in [-0.3, -0.25) is 4.90 Å². The van der Waals surface area contributed by atoms with Crippen LogP contribution < -0.4 is 5.73 Å². The Balaban J connectivity index is 3.82. The van der Waals surface area contributed by atoms with Gasteiger partial charge < -0.3 is 5.73 Å². The summed E-state index contributed by atoms with van der Waals surface area (Å²) < 4.78 is 25.7. The maximum absolute atomic E-state index is 12.9. The van der Waals surface area contributed by atoms with E-state index in [2.05, 4.69) is 6.92 Å². The molecule has 0 amide bonds. The minimum absolute atomic E-state index is 0.208. The van der Waals surface area contributed by atoms with E-state index < -0.39 is 12.5 Å². The maximum atomic E-state index is 12.9. The van der Waals surface area contributed by atoms with Crippen LogP contribution in [0.3, 0.4) is 0 Å². The number of halogens is 2. The monoisotopic (exact) mass is 194 g/mol. The molecule has 4 heteroatoms. The molecule has 2 N–H and O–H groups in total. The van der Waals surface area contributed by atoms with Gasteiger partial charge in [0.15, 0.2) is 0 Å². The van der Waals surface area contributed by atoms with Gasteiger partial charge in [0.1, 0.15) is 0 Å². The summed E-state index contributed by atoms with van der Waals surface area (Å²) in [5.41, 5.74) is 4.96. The average Bonchev–Trinajstić information content (AvgIpc) is 2.12. The molecule has 0 rings (SSSR count). The van der Waals surface area contributed by atoms with Gasteiger partial charge >= 0.3 is 0 Å². The molecule has 0 radical (unpaired) electrons. The first kappa shape index (κ1) is 12.8. The molecule has 0 bridgehead atoms. The molecule has 0 aromatic rings. The third-order valence-electron chi connectivity index (χ3n) is 2.03. The lowest BCUT2D eigenvalue weighted by molar-refractivity contribution is -0.0225. The number of nitrogens with zero attached hydrogens (tertiary/aromatic N) is 1. The maximum Gasteiger partial charge on any atom is 0.272 e. The van der Waals surface area contributed by atoms with E-state index in [1.165, 1.54) is 0 Å². The Hall–Kier alpha value is -0.220. The zero-order valence-corrected chi connectivity index (χ0v) is 8.52. The fourth-order valence-electron chi connectivity index (χ4n) is 1.12. The molecule has 0 aromatic carbocycles. The molecular formula is C9H20F2N2. The van der Waals surface area contributed by atoms with Crippen molar-refractivity contribution in [2.75, 3.05) is 26.2 Å². The average molecular weight is 194 g/mol. The van der Waals surface area contributed by atoms with Gasteiger partial charge in [0.05, 0.1) is 13.1 Å². The second-order valence-electron chi connectivity index (χ2n) is 3.28. The first-order valence-corrected chi connectivity index (χ1v) is 4.86. The van der Waals surface area contributed by atoms with Crippen LogP contribution in [-0.2, 0) is 0 Å². The second kappa shape index (κ2) is 6.27. The fourth-order valence-corrected chi connectivity index (χ4v) is 1.12. The van der Waals surface area contributed by atoms with Crippen LogP contribution in [0.25, 0.3) is 0 Å². The van der Waals surface area contributed by atoms with E-state index >= 15 is 0 Å². The van der Waals surface area contributed by atoms with Crippen molar-refractivity contribution in [3.8, 4) is 0 Å². The van der Waals surface area contributed by atoms with Crippen LogP contribution in [0, 0.1) is 0 Å². The van der Waals surface area contributed by atoms with Gasteiger partial charge in [0.2, 0.25) is 0 Å². The number of hydrogen-bond acceptors (Lipinski definition) is 2. The molecule has 0 atom stereocenters. The predicted octanol–water partition coefficient (Wildman–Crippen LogP) is 1.70. The standard InChI is InChI=1S/C9H20F2N2/c1-3-5-6-13(4-2)8-9(10,11)7-12/h3-8,12H2,1-2H3. The Kier molecular flexibility index (Phi) is 6.16. The van der Waals surface area contributed by atoms with Gasteiger partial charge in [-0.2, -0.15) is 0 Å². The van der Waals surface area contributed by atoms with Crippen molar-refractivity contribution in [2.24, 2.45) is 5.73 Å². The van der Waals surface area contributed by atoms with E-state index in [0.29, 0.717) is 6.54 Å². The summed E-state index contributed by atoms with van der Waals surface area (Å²) in [6.45, 7) is 4.57. The highest BCUT2D eigenvalue weighted by Crippen LogP contribution is 2.13. The third kappa shape index (κ3) is 5.93. The second-order valence-corrected chi connectivity index (χ2v) is 3.28. The van der Waals surface area contributed by atoms with Gasteiger partial charge in [-0.25, -0.2) is 8.78 Å². The summed E-state index contributed by atoms with van der Waals surface area (Å²) >= 11 is 0. The van der Waals surface area contributed by atoms with Crippen molar-refractivity contribution in [3.63, 3.8) is 0 Å². The number of alkyl halides is 2. The van der Waals surface area contributed by atoms with Gasteiger partial charge in [-0.15, -0.1) is 0 Å². The molecule has 0 saturated carbocycles. The first-order chi connectivity index (χ1) is 6.05. The molecule has 0 aliphatic carbocycles. The lowest BCUT2D eigenvalue weighted by Crippen LogP contribution is -2.42. The lowest BCUT2D eigenvalue weighted by Gasteiger charge is -2.25. The van der Waals surface area contributed by atoms with Crippen molar-refractivity contribution in [2.45, 2.75) is 32.6 Å². The lowest BCUT2D eigenvalue weighted by atomic mass is 10.2. The molecular weight excluding hydrogens is 174 g/mol. The minimum atomic E-state index is -2.73. The number of hydrogen-bond donors (Lipinski definition) is 1. The van der Waals surface area contributed by atoms with Gasteiger partial charge in [-0.1, -0.05) is 20.3 Å². The number of rotatable bonds is 7. The zero-order chi connectivity index (χ0) is 10.3. The van der Waals surface area contributed by atoms with Crippen LogP contribution in [0.4, 0.5) is 8.78 Å². The van der Waals surface area contributed by atoms with E-state index in [0.717, 1.165) is 19.4 Å². The molecule has 80 valence electrons. The molecule has 0 aromatic heterocycles. The molecule has 0 unspecified atom stereocenters. The summed E-state index contributed by atoms with van der Waals surface area (Å²) in [7, 11) is 0. The van der Waals surface area contributed by atoms with Crippen LogP contribution in [0.15, 0.2) is 0 Å². The first-order valence-electron chi connectivity index (χ1n) is 4.86. The molecule has 0 aliphatic rings. The summed E-state index contributed by atoms with van der Waals surface area (Å²) in [4.78, 5) is 1.75. The van der Waals surface area contributed by atoms with Crippen molar-refractivity contribution in [3.05, 3.63) is 0 Å². The summed E-state index contributed by atoms with van der Waals surface area (Å²) in [5.74, 6) is -2.73. The largest absolute Gasteiger partial charge is 0.325 e. The van der Waals surface area contributed by atoms with Crippen molar-refractivity contribution < 1.29 is 8.78 Å². The SMILES string of the molecule is CCCCN(CC)CC(F)(F)CN. The number of unbranched alkanes of at least 4 members (excludes halogenated alkanes) is 1. The molecule has 0 fully saturated rings. The van der Waals surface area contributed by atoms with Crippen LogP contribution in [0.5, 0.6) is 0 Å². The molecule has 0 heterocycles. The van der Waals surface area contributed by atoms with Crippen molar-refractivity contribution >= 4 is 0 Å². The van der Waals surface area contributed by atoms with Gasteiger partial charge in [0, 0.05) is 0 Å². The Morgan fingerprint density at radius 3 is 2.31 bits per heavy atom. The summed E-state index contributed by atoms with van der Waals surface area (Å²) in [6, 6.07) is 0. The van der Waals surface area contributed by atoms with E-state index in [4.69, 9.17) is 5.73 Å².